The Morgan fingerprint density at radius 2 is 2.10 bits per heavy atom. The second-order valence-electron chi connectivity index (χ2n) is 5.45. The van der Waals surface area contributed by atoms with E-state index in [0.717, 1.165) is 18.4 Å². The van der Waals surface area contributed by atoms with Crippen LogP contribution >= 0.6 is 0 Å². The van der Waals surface area contributed by atoms with Crippen molar-refractivity contribution in [1.29, 1.82) is 0 Å². The fraction of sp³-hybridized carbons (Fsp3) is 0.400. The van der Waals surface area contributed by atoms with Gasteiger partial charge in [0.25, 0.3) is 0 Å². The second kappa shape index (κ2) is 4.74. The number of carboxylic acid groups (broad SMARTS) is 1. The summed E-state index contributed by atoms with van der Waals surface area (Å²) in [5.41, 5.74) is 1.62. The Kier molecular flexibility index (Phi) is 3.04. The fourth-order valence-electron chi connectivity index (χ4n) is 2.49. The van der Waals surface area contributed by atoms with Crippen LogP contribution in [0.4, 0.5) is 5.69 Å². The number of carbonyl (C=O) groups is 1. The quantitative estimate of drug-likeness (QED) is 0.874. The zero-order valence-electron chi connectivity index (χ0n) is 11.4. The van der Waals surface area contributed by atoms with E-state index >= 15 is 0 Å². The van der Waals surface area contributed by atoms with Gasteiger partial charge in [0.05, 0.1) is 11.2 Å². The molecule has 0 atom stereocenters. The van der Waals surface area contributed by atoms with E-state index in [1.165, 1.54) is 12.8 Å². The molecule has 1 aromatic carbocycles. The van der Waals surface area contributed by atoms with Crippen molar-refractivity contribution in [3.8, 4) is 0 Å². The van der Waals surface area contributed by atoms with E-state index in [1.807, 2.05) is 24.3 Å². The lowest BCUT2D eigenvalue weighted by Crippen LogP contribution is -2.18. The zero-order chi connectivity index (χ0) is 14.2. The van der Waals surface area contributed by atoms with Gasteiger partial charge in [-0.15, -0.1) is 10.2 Å². The number of nitrogens with zero attached hydrogens (tertiary/aromatic N) is 2. The summed E-state index contributed by atoms with van der Waals surface area (Å²) in [6.07, 6.45) is 3.52. The molecule has 0 radical (unpaired) electrons. The number of aromatic carboxylic acids is 1. The van der Waals surface area contributed by atoms with Crippen molar-refractivity contribution in [2.75, 3.05) is 11.9 Å². The summed E-state index contributed by atoms with van der Waals surface area (Å²) in [6.45, 7) is 2.97. The molecule has 0 amide bonds. The van der Waals surface area contributed by atoms with Crippen molar-refractivity contribution in [2.24, 2.45) is 5.41 Å². The van der Waals surface area contributed by atoms with Gasteiger partial charge in [-0.2, -0.15) is 0 Å². The van der Waals surface area contributed by atoms with Crippen LogP contribution in [-0.2, 0) is 0 Å². The van der Waals surface area contributed by atoms with E-state index in [0.29, 0.717) is 16.6 Å². The number of hydrogen-bond acceptors (Lipinski definition) is 4. The first-order valence-corrected chi connectivity index (χ1v) is 6.88. The molecule has 5 nitrogen and oxygen atoms in total. The maximum Gasteiger partial charge on any atom is 0.358 e. The fourth-order valence-corrected chi connectivity index (χ4v) is 2.49. The van der Waals surface area contributed by atoms with Crippen molar-refractivity contribution in [3.63, 3.8) is 0 Å². The van der Waals surface area contributed by atoms with Crippen LogP contribution < -0.4 is 5.32 Å². The summed E-state index contributed by atoms with van der Waals surface area (Å²) < 4.78 is 0. The lowest BCUT2D eigenvalue weighted by molar-refractivity contribution is 0.0690. The SMILES string of the molecule is CCC1(CNc2c(C(=O)O)nnc3ccccc23)CC1. The van der Waals surface area contributed by atoms with Gasteiger partial charge in [-0.3, -0.25) is 0 Å². The standard InChI is InChI=1S/C15H17N3O2/c1-2-15(7-8-15)9-16-12-10-5-3-4-6-11(10)17-18-13(12)14(19)20/h3-6H,2,7-9H2,1H3,(H,16,17)(H,19,20). The average Bonchev–Trinajstić information content (AvgIpc) is 3.25. The molecular weight excluding hydrogens is 254 g/mol. The van der Waals surface area contributed by atoms with Gasteiger partial charge in [-0.1, -0.05) is 25.1 Å². The number of nitrogens with one attached hydrogen (secondary N) is 1. The Morgan fingerprint density at radius 1 is 1.35 bits per heavy atom. The molecule has 0 saturated heterocycles. The van der Waals surface area contributed by atoms with Gasteiger partial charge < -0.3 is 10.4 Å². The van der Waals surface area contributed by atoms with Gasteiger partial charge in [0.2, 0.25) is 0 Å². The molecule has 2 aromatic rings. The number of carboxylic acids is 1. The predicted octanol–water partition coefficient (Wildman–Crippen LogP) is 2.93. The minimum absolute atomic E-state index is 0.00407. The first-order chi connectivity index (χ1) is 9.65. The van der Waals surface area contributed by atoms with Crippen LogP contribution in [0.2, 0.25) is 0 Å². The topological polar surface area (TPSA) is 75.1 Å². The molecule has 0 spiro atoms. The molecule has 5 heteroatoms. The number of benzene rings is 1. The van der Waals surface area contributed by atoms with E-state index < -0.39 is 5.97 Å². The lowest BCUT2D eigenvalue weighted by Gasteiger charge is -2.16. The first kappa shape index (κ1) is 12.8. The minimum Gasteiger partial charge on any atom is -0.476 e. The van der Waals surface area contributed by atoms with Crippen LogP contribution in [0.25, 0.3) is 10.9 Å². The highest BCUT2D eigenvalue weighted by Crippen LogP contribution is 2.48. The number of fused-ring (bicyclic) bond motifs is 1. The molecule has 1 heterocycles. The van der Waals surface area contributed by atoms with Crippen molar-refractivity contribution >= 4 is 22.6 Å². The Hall–Kier alpha value is -2.17. The smallest absolute Gasteiger partial charge is 0.358 e. The molecule has 20 heavy (non-hydrogen) atoms. The summed E-state index contributed by atoms with van der Waals surface area (Å²) in [5.74, 6) is -1.05. The van der Waals surface area contributed by atoms with Gasteiger partial charge in [0.1, 0.15) is 0 Å². The van der Waals surface area contributed by atoms with Crippen LogP contribution in [0, 0.1) is 5.41 Å². The third-order valence-corrected chi connectivity index (χ3v) is 4.22. The maximum absolute atomic E-state index is 11.3. The molecule has 0 aliphatic heterocycles. The number of rotatable bonds is 5. The Labute approximate surface area is 117 Å². The summed E-state index contributed by atoms with van der Waals surface area (Å²) in [4.78, 5) is 11.3. The van der Waals surface area contributed by atoms with Gasteiger partial charge in [-0.05, 0) is 30.7 Å². The van der Waals surface area contributed by atoms with Crippen LogP contribution in [0.3, 0.4) is 0 Å². The highest BCUT2D eigenvalue weighted by molar-refractivity contribution is 6.02. The number of anilines is 1. The molecule has 3 rings (SSSR count). The summed E-state index contributed by atoms with van der Waals surface area (Å²) in [6, 6.07) is 7.47. The molecule has 104 valence electrons. The second-order valence-corrected chi connectivity index (χ2v) is 5.45. The van der Waals surface area contributed by atoms with E-state index in [-0.39, 0.29) is 5.69 Å². The van der Waals surface area contributed by atoms with Crippen molar-refractivity contribution in [1.82, 2.24) is 10.2 Å². The molecule has 0 bridgehead atoms. The number of hydrogen-bond donors (Lipinski definition) is 2. The van der Waals surface area contributed by atoms with Gasteiger partial charge in [-0.25, -0.2) is 4.79 Å². The zero-order valence-corrected chi connectivity index (χ0v) is 11.4. The van der Waals surface area contributed by atoms with Crippen LogP contribution in [0.15, 0.2) is 24.3 Å². The van der Waals surface area contributed by atoms with Crippen LogP contribution in [0.1, 0.15) is 36.7 Å². The monoisotopic (exact) mass is 271 g/mol. The lowest BCUT2D eigenvalue weighted by atomic mass is 10.0. The first-order valence-electron chi connectivity index (χ1n) is 6.88. The van der Waals surface area contributed by atoms with E-state index in [9.17, 15) is 9.90 Å². The van der Waals surface area contributed by atoms with Crippen LogP contribution in [0.5, 0.6) is 0 Å². The molecule has 1 aliphatic rings. The average molecular weight is 271 g/mol. The predicted molar refractivity (Wildman–Crippen MR) is 76.9 cm³/mol. The maximum atomic E-state index is 11.3. The summed E-state index contributed by atoms with van der Waals surface area (Å²) in [7, 11) is 0. The molecular formula is C15H17N3O2. The number of aromatic nitrogens is 2. The Morgan fingerprint density at radius 3 is 2.75 bits per heavy atom. The molecule has 1 fully saturated rings. The summed E-state index contributed by atoms with van der Waals surface area (Å²) >= 11 is 0. The Bertz CT molecular complexity index is 665. The van der Waals surface area contributed by atoms with E-state index in [1.54, 1.807) is 0 Å². The highest BCUT2D eigenvalue weighted by Gasteiger charge is 2.40. The van der Waals surface area contributed by atoms with Crippen molar-refractivity contribution in [2.45, 2.75) is 26.2 Å². The minimum atomic E-state index is -1.05. The molecule has 2 N–H and O–H groups in total. The van der Waals surface area contributed by atoms with E-state index in [2.05, 4.69) is 22.4 Å². The van der Waals surface area contributed by atoms with E-state index in [4.69, 9.17) is 0 Å². The molecule has 1 aromatic heterocycles. The molecule has 0 unspecified atom stereocenters. The molecule has 1 aliphatic carbocycles. The van der Waals surface area contributed by atoms with Gasteiger partial charge >= 0.3 is 5.97 Å². The third kappa shape index (κ3) is 2.19. The van der Waals surface area contributed by atoms with Crippen LogP contribution in [-0.4, -0.2) is 27.8 Å². The van der Waals surface area contributed by atoms with Gasteiger partial charge in [0.15, 0.2) is 5.69 Å². The Balaban J connectivity index is 2.01. The van der Waals surface area contributed by atoms with Crippen molar-refractivity contribution < 1.29 is 9.90 Å². The van der Waals surface area contributed by atoms with Crippen molar-refractivity contribution in [3.05, 3.63) is 30.0 Å². The normalized spacial score (nSPS) is 16.1. The molecule has 1 saturated carbocycles. The highest BCUT2D eigenvalue weighted by atomic mass is 16.4. The van der Waals surface area contributed by atoms with Gasteiger partial charge in [0, 0.05) is 11.9 Å². The summed E-state index contributed by atoms with van der Waals surface area (Å²) in [5, 5.41) is 21.2. The largest absolute Gasteiger partial charge is 0.476 e. The third-order valence-electron chi connectivity index (χ3n) is 4.22.